The smallest absolute Gasteiger partial charge is 0.261 e. The van der Waals surface area contributed by atoms with Crippen molar-refractivity contribution >= 4 is 29.1 Å². The zero-order chi connectivity index (χ0) is 23.5. The van der Waals surface area contributed by atoms with Crippen molar-refractivity contribution in [2.45, 2.75) is 6.54 Å². The highest BCUT2D eigenvalue weighted by molar-refractivity contribution is 7.17. The fourth-order valence-electron chi connectivity index (χ4n) is 3.84. The van der Waals surface area contributed by atoms with E-state index < -0.39 is 0 Å². The summed E-state index contributed by atoms with van der Waals surface area (Å²) < 4.78 is 11.2. The molecule has 1 aromatic heterocycles. The first-order valence-electron chi connectivity index (χ1n) is 11.0. The summed E-state index contributed by atoms with van der Waals surface area (Å²) in [5.74, 6) is 0.973. The minimum absolute atomic E-state index is 0.0751. The van der Waals surface area contributed by atoms with Crippen LogP contribution in [0.4, 0.5) is 0 Å². The molecule has 2 aromatic carbocycles. The number of nitrogens with one attached hydrogen (secondary N) is 2. The predicted octanol–water partition coefficient (Wildman–Crippen LogP) is 2.69. The Morgan fingerprint density at radius 3 is 2.59 bits per heavy atom. The van der Waals surface area contributed by atoms with E-state index in [1.807, 2.05) is 42.5 Å². The molecule has 8 nitrogen and oxygen atoms in total. The molecule has 5 rings (SSSR count). The van der Waals surface area contributed by atoms with Crippen molar-refractivity contribution in [3.63, 3.8) is 0 Å². The average Bonchev–Trinajstić information content (AvgIpc) is 3.37. The van der Waals surface area contributed by atoms with Gasteiger partial charge in [-0.3, -0.25) is 14.4 Å². The van der Waals surface area contributed by atoms with Crippen LogP contribution in [0.2, 0.25) is 0 Å². The van der Waals surface area contributed by atoms with Crippen LogP contribution in [0.3, 0.4) is 0 Å². The van der Waals surface area contributed by atoms with Gasteiger partial charge in [0.15, 0.2) is 11.5 Å². The minimum Gasteiger partial charge on any atom is -0.486 e. The van der Waals surface area contributed by atoms with Crippen molar-refractivity contribution in [2.75, 3.05) is 32.8 Å². The summed E-state index contributed by atoms with van der Waals surface area (Å²) in [5.41, 5.74) is 2.37. The largest absolute Gasteiger partial charge is 0.486 e. The molecule has 34 heavy (non-hydrogen) atoms. The Labute approximate surface area is 200 Å². The summed E-state index contributed by atoms with van der Waals surface area (Å²) in [7, 11) is 0. The third-order valence-electron chi connectivity index (χ3n) is 5.64. The predicted molar refractivity (Wildman–Crippen MR) is 127 cm³/mol. The number of nitrogens with zero attached hydrogens (tertiary/aromatic N) is 1. The maximum atomic E-state index is 12.7. The zero-order valence-electron chi connectivity index (χ0n) is 18.3. The van der Waals surface area contributed by atoms with Gasteiger partial charge in [0.05, 0.1) is 11.4 Å². The number of rotatable bonds is 5. The second kappa shape index (κ2) is 9.56. The molecule has 2 aliphatic rings. The summed E-state index contributed by atoms with van der Waals surface area (Å²) in [6.45, 7) is 2.46. The summed E-state index contributed by atoms with van der Waals surface area (Å²) in [6, 6.07) is 16.6. The fraction of sp³-hybridized carbons (Fsp3) is 0.240. The molecule has 174 valence electrons. The number of thiophene rings is 1. The van der Waals surface area contributed by atoms with Crippen molar-refractivity contribution in [3.8, 4) is 21.9 Å². The lowest BCUT2D eigenvalue weighted by atomic mass is 10.1. The Morgan fingerprint density at radius 1 is 1.00 bits per heavy atom. The van der Waals surface area contributed by atoms with Crippen LogP contribution in [0.25, 0.3) is 10.4 Å². The van der Waals surface area contributed by atoms with Crippen molar-refractivity contribution in [2.24, 2.45) is 0 Å². The number of benzene rings is 2. The Hall–Kier alpha value is -3.85. The average molecular weight is 478 g/mol. The van der Waals surface area contributed by atoms with Gasteiger partial charge in [0.25, 0.3) is 11.8 Å². The third-order valence-corrected chi connectivity index (χ3v) is 6.77. The molecule has 0 radical (unpaired) electrons. The van der Waals surface area contributed by atoms with Crippen LogP contribution < -0.4 is 20.1 Å². The van der Waals surface area contributed by atoms with Gasteiger partial charge < -0.3 is 25.0 Å². The first-order valence-corrected chi connectivity index (χ1v) is 11.8. The molecule has 0 unspecified atom stereocenters. The summed E-state index contributed by atoms with van der Waals surface area (Å²) in [6.07, 6.45) is 0. The number of hydrogen-bond donors (Lipinski definition) is 2. The van der Waals surface area contributed by atoms with E-state index in [0.717, 1.165) is 21.8 Å². The van der Waals surface area contributed by atoms with Gasteiger partial charge in [-0.25, -0.2) is 0 Å². The van der Waals surface area contributed by atoms with E-state index in [-0.39, 0.29) is 24.3 Å². The molecule has 0 aliphatic carbocycles. The highest BCUT2D eigenvalue weighted by Gasteiger charge is 2.22. The number of carbonyl (C=O) groups is 3. The molecule has 3 amide bonds. The molecule has 3 aromatic rings. The molecule has 9 heteroatoms. The molecule has 0 spiro atoms. The van der Waals surface area contributed by atoms with Crippen LogP contribution in [0.5, 0.6) is 11.5 Å². The lowest BCUT2D eigenvalue weighted by Gasteiger charge is -2.26. The van der Waals surface area contributed by atoms with Gasteiger partial charge in [-0.2, -0.15) is 0 Å². The normalized spacial score (nSPS) is 14.9. The molecular formula is C25H23N3O5S. The van der Waals surface area contributed by atoms with Gasteiger partial charge in [0, 0.05) is 30.1 Å². The number of amides is 3. The number of hydrogen-bond acceptors (Lipinski definition) is 6. The van der Waals surface area contributed by atoms with E-state index >= 15 is 0 Å². The Bertz CT molecular complexity index is 1240. The molecule has 0 bridgehead atoms. The maximum Gasteiger partial charge on any atom is 0.261 e. The van der Waals surface area contributed by atoms with E-state index in [1.54, 1.807) is 12.1 Å². The monoisotopic (exact) mass is 477 g/mol. The second-order valence-electron chi connectivity index (χ2n) is 7.98. The van der Waals surface area contributed by atoms with Crippen molar-refractivity contribution in [3.05, 3.63) is 70.6 Å². The minimum atomic E-state index is -0.171. The number of piperazine rings is 1. The SMILES string of the molecule is O=C1CN(C(=O)c2ccc(CNC(=O)c3ccc(-c4ccc5c(c4)OCCO5)s3)cc2)CCN1. The summed E-state index contributed by atoms with van der Waals surface area (Å²) >= 11 is 1.41. The molecule has 0 atom stereocenters. The first-order chi connectivity index (χ1) is 16.6. The zero-order valence-corrected chi connectivity index (χ0v) is 19.2. The van der Waals surface area contributed by atoms with Crippen LogP contribution in [0.15, 0.2) is 54.6 Å². The third kappa shape index (κ3) is 4.74. The van der Waals surface area contributed by atoms with Crippen molar-refractivity contribution in [1.29, 1.82) is 0 Å². The standard InChI is InChI=1S/C25H23N3O5S/c29-23-15-28(10-9-26-23)25(31)17-3-1-16(2-4-17)14-27-24(30)22-8-7-21(34-22)18-5-6-19-20(13-18)33-12-11-32-19/h1-8,13H,9-12,14-15H2,(H,26,29)(H,27,30). The molecule has 2 aliphatic heterocycles. The van der Waals surface area contributed by atoms with Crippen molar-refractivity contribution in [1.82, 2.24) is 15.5 Å². The van der Waals surface area contributed by atoms with Crippen LogP contribution in [0.1, 0.15) is 25.6 Å². The van der Waals surface area contributed by atoms with Crippen LogP contribution in [0, 0.1) is 0 Å². The summed E-state index contributed by atoms with van der Waals surface area (Å²) in [5, 5.41) is 5.63. The van der Waals surface area contributed by atoms with Gasteiger partial charge in [0.2, 0.25) is 5.91 Å². The van der Waals surface area contributed by atoms with Crippen LogP contribution in [-0.2, 0) is 11.3 Å². The molecule has 2 N–H and O–H groups in total. The second-order valence-corrected chi connectivity index (χ2v) is 9.06. The van der Waals surface area contributed by atoms with E-state index in [9.17, 15) is 14.4 Å². The first kappa shape index (κ1) is 22.0. The molecule has 3 heterocycles. The maximum absolute atomic E-state index is 12.7. The molecule has 0 saturated carbocycles. The molecular weight excluding hydrogens is 454 g/mol. The summed E-state index contributed by atoms with van der Waals surface area (Å²) in [4.78, 5) is 39.9. The lowest BCUT2D eigenvalue weighted by molar-refractivity contribution is -0.123. The van der Waals surface area contributed by atoms with Gasteiger partial charge >= 0.3 is 0 Å². The molecule has 1 saturated heterocycles. The van der Waals surface area contributed by atoms with Crippen molar-refractivity contribution < 1.29 is 23.9 Å². The van der Waals surface area contributed by atoms with Gasteiger partial charge in [0.1, 0.15) is 13.2 Å². The van der Waals surface area contributed by atoms with Gasteiger partial charge in [-0.15, -0.1) is 11.3 Å². The van der Waals surface area contributed by atoms with Crippen LogP contribution in [-0.4, -0.2) is 55.5 Å². The number of ether oxygens (including phenoxy) is 2. The Kier molecular flexibility index (Phi) is 6.18. The fourth-order valence-corrected chi connectivity index (χ4v) is 4.76. The highest BCUT2D eigenvalue weighted by Crippen LogP contribution is 2.36. The van der Waals surface area contributed by atoms with Gasteiger partial charge in [-0.05, 0) is 53.6 Å². The topological polar surface area (TPSA) is 97.0 Å². The van der Waals surface area contributed by atoms with Gasteiger partial charge in [-0.1, -0.05) is 12.1 Å². The van der Waals surface area contributed by atoms with Crippen LogP contribution >= 0.6 is 11.3 Å². The number of fused-ring (bicyclic) bond motifs is 1. The van der Waals surface area contributed by atoms with E-state index in [1.165, 1.54) is 16.2 Å². The van der Waals surface area contributed by atoms with E-state index in [0.29, 0.717) is 49.0 Å². The van der Waals surface area contributed by atoms with E-state index in [4.69, 9.17) is 9.47 Å². The molecule has 1 fully saturated rings. The lowest BCUT2D eigenvalue weighted by Crippen LogP contribution is -2.49. The Balaban J connectivity index is 1.18. The van der Waals surface area contributed by atoms with E-state index in [2.05, 4.69) is 10.6 Å². The highest BCUT2D eigenvalue weighted by atomic mass is 32.1. The Morgan fingerprint density at radius 2 is 1.79 bits per heavy atom. The number of carbonyl (C=O) groups excluding carboxylic acids is 3. The quantitative estimate of drug-likeness (QED) is 0.589.